The zero-order valence-corrected chi connectivity index (χ0v) is 18.0. The molecule has 2 rings (SSSR count). The molecular weight excluding hydrogens is 484 g/mol. The Labute approximate surface area is 179 Å². The van der Waals surface area contributed by atoms with Gasteiger partial charge in [0.25, 0.3) is 0 Å². The Morgan fingerprint density at radius 2 is 2.00 bits per heavy atom. The normalized spacial score (nSPS) is 11.5. The average molecular weight is 508 g/mol. The van der Waals surface area contributed by atoms with E-state index in [0.717, 1.165) is 17.5 Å². The molecule has 0 unspecified atom stereocenters. The lowest BCUT2D eigenvalue weighted by Crippen LogP contribution is -2.38. The van der Waals surface area contributed by atoms with Crippen LogP contribution in [0, 0.1) is 6.92 Å². The quantitative estimate of drug-likeness (QED) is 0.339. The van der Waals surface area contributed by atoms with Crippen molar-refractivity contribution in [3.8, 4) is 5.75 Å². The van der Waals surface area contributed by atoms with Gasteiger partial charge in [-0.1, -0.05) is 18.2 Å². The van der Waals surface area contributed by atoms with Crippen LogP contribution in [-0.2, 0) is 13.0 Å². The Morgan fingerprint density at radius 1 is 1.21 bits per heavy atom. The minimum absolute atomic E-state index is 0. The number of aliphatic imine (C=N–C) groups is 1. The van der Waals surface area contributed by atoms with Crippen molar-refractivity contribution >= 4 is 29.9 Å². The topological polar surface area (TPSA) is 58.5 Å². The van der Waals surface area contributed by atoms with Crippen molar-refractivity contribution in [2.24, 2.45) is 4.99 Å². The molecule has 0 atom stereocenters. The van der Waals surface area contributed by atoms with Crippen LogP contribution in [0.1, 0.15) is 16.7 Å². The van der Waals surface area contributed by atoms with Crippen molar-refractivity contribution in [1.82, 2.24) is 15.6 Å². The van der Waals surface area contributed by atoms with Crippen LogP contribution >= 0.6 is 24.0 Å². The third-order valence-electron chi connectivity index (χ3n) is 3.71. The summed E-state index contributed by atoms with van der Waals surface area (Å²) in [6, 6.07) is 9.04. The fourth-order valence-corrected chi connectivity index (χ4v) is 2.37. The lowest BCUT2D eigenvalue weighted by atomic mass is 10.1. The summed E-state index contributed by atoms with van der Waals surface area (Å²) < 4.78 is 42.3. The molecule has 1 aromatic heterocycles. The van der Waals surface area contributed by atoms with Crippen LogP contribution in [-0.4, -0.2) is 37.3 Å². The van der Waals surface area contributed by atoms with E-state index < -0.39 is 12.8 Å². The van der Waals surface area contributed by atoms with Crippen LogP contribution in [0.2, 0.25) is 0 Å². The van der Waals surface area contributed by atoms with Gasteiger partial charge in [-0.05, 0) is 36.6 Å². The number of nitrogens with zero attached hydrogens (tertiary/aromatic N) is 2. The van der Waals surface area contributed by atoms with Crippen LogP contribution in [0.15, 0.2) is 47.7 Å². The van der Waals surface area contributed by atoms with Gasteiger partial charge in [0.1, 0.15) is 5.75 Å². The molecule has 0 spiro atoms. The van der Waals surface area contributed by atoms with Gasteiger partial charge in [0.15, 0.2) is 12.6 Å². The average Bonchev–Trinajstić information content (AvgIpc) is 2.64. The fourth-order valence-electron chi connectivity index (χ4n) is 2.37. The highest BCUT2D eigenvalue weighted by molar-refractivity contribution is 14.0. The Morgan fingerprint density at radius 3 is 2.64 bits per heavy atom. The minimum Gasteiger partial charge on any atom is -0.484 e. The number of guanidine groups is 1. The van der Waals surface area contributed by atoms with Crippen LogP contribution in [0.25, 0.3) is 0 Å². The van der Waals surface area contributed by atoms with E-state index in [4.69, 9.17) is 4.74 Å². The van der Waals surface area contributed by atoms with Crippen LogP contribution < -0.4 is 15.4 Å². The molecule has 0 saturated heterocycles. The van der Waals surface area contributed by atoms with Crippen molar-refractivity contribution in [3.05, 3.63) is 59.4 Å². The molecule has 0 aliphatic heterocycles. The van der Waals surface area contributed by atoms with E-state index in [9.17, 15) is 13.2 Å². The Hall–Kier alpha value is -2.04. The second kappa shape index (κ2) is 11.7. The molecule has 5 nitrogen and oxygen atoms in total. The second-order valence-electron chi connectivity index (χ2n) is 5.98. The largest absolute Gasteiger partial charge is 0.484 e. The molecule has 0 amide bonds. The van der Waals surface area contributed by atoms with E-state index in [1.54, 1.807) is 38.5 Å². The molecule has 154 valence electrons. The number of aryl methyl sites for hydroxylation is 1. The van der Waals surface area contributed by atoms with Crippen LogP contribution in [0.3, 0.4) is 0 Å². The van der Waals surface area contributed by atoms with Crippen LogP contribution in [0.5, 0.6) is 5.75 Å². The van der Waals surface area contributed by atoms with Crippen molar-refractivity contribution in [2.45, 2.75) is 26.1 Å². The SMILES string of the molecule is CN=C(NCCc1cccnc1)NCc1ccc(C)cc1OCC(F)(F)F.I. The monoisotopic (exact) mass is 508 g/mol. The molecule has 2 N–H and O–H groups in total. The molecule has 1 heterocycles. The molecule has 1 aromatic carbocycles. The maximum atomic E-state index is 12.4. The first-order chi connectivity index (χ1) is 12.9. The first kappa shape index (κ1) is 24.0. The van der Waals surface area contributed by atoms with E-state index in [0.29, 0.717) is 24.6 Å². The summed E-state index contributed by atoms with van der Waals surface area (Å²) in [4.78, 5) is 8.19. The summed E-state index contributed by atoms with van der Waals surface area (Å²) in [5, 5.41) is 6.26. The maximum Gasteiger partial charge on any atom is 0.422 e. The highest BCUT2D eigenvalue weighted by Gasteiger charge is 2.28. The third kappa shape index (κ3) is 8.77. The summed E-state index contributed by atoms with van der Waals surface area (Å²) in [5.41, 5.74) is 2.55. The minimum atomic E-state index is -4.38. The summed E-state index contributed by atoms with van der Waals surface area (Å²) in [7, 11) is 1.63. The zero-order chi connectivity index (χ0) is 19.7. The first-order valence-electron chi connectivity index (χ1n) is 8.50. The number of ether oxygens (including phenoxy) is 1. The van der Waals surface area contributed by atoms with Crippen molar-refractivity contribution in [3.63, 3.8) is 0 Å². The number of benzene rings is 1. The molecule has 0 bridgehead atoms. The van der Waals surface area contributed by atoms with E-state index in [1.165, 1.54) is 0 Å². The molecular formula is C19H24F3IN4O. The first-order valence-corrected chi connectivity index (χ1v) is 8.50. The van der Waals surface area contributed by atoms with E-state index in [-0.39, 0.29) is 29.7 Å². The highest BCUT2D eigenvalue weighted by Crippen LogP contribution is 2.23. The van der Waals surface area contributed by atoms with Gasteiger partial charge < -0.3 is 15.4 Å². The zero-order valence-electron chi connectivity index (χ0n) is 15.7. The van der Waals surface area contributed by atoms with Gasteiger partial charge in [-0.25, -0.2) is 0 Å². The van der Waals surface area contributed by atoms with Gasteiger partial charge in [0.05, 0.1) is 0 Å². The lowest BCUT2D eigenvalue weighted by Gasteiger charge is -2.16. The lowest BCUT2D eigenvalue weighted by molar-refractivity contribution is -0.153. The molecule has 0 fully saturated rings. The molecule has 0 radical (unpaired) electrons. The Bertz CT molecular complexity index is 755. The number of hydrogen-bond acceptors (Lipinski definition) is 3. The summed E-state index contributed by atoms with van der Waals surface area (Å²) in [6.07, 6.45) is -0.0801. The summed E-state index contributed by atoms with van der Waals surface area (Å²) in [6.45, 7) is 1.43. The summed E-state index contributed by atoms with van der Waals surface area (Å²) >= 11 is 0. The molecule has 0 aliphatic carbocycles. The van der Waals surface area contributed by atoms with Crippen molar-refractivity contribution in [2.75, 3.05) is 20.2 Å². The molecule has 28 heavy (non-hydrogen) atoms. The van der Waals surface area contributed by atoms with Gasteiger partial charge in [-0.2, -0.15) is 13.2 Å². The van der Waals surface area contributed by atoms with Crippen molar-refractivity contribution in [1.29, 1.82) is 0 Å². The number of alkyl halides is 3. The summed E-state index contributed by atoms with van der Waals surface area (Å²) in [5.74, 6) is 0.770. The van der Waals surface area contributed by atoms with Gasteiger partial charge in [-0.15, -0.1) is 24.0 Å². The molecule has 2 aromatic rings. The predicted molar refractivity (Wildman–Crippen MR) is 114 cm³/mol. The van der Waals surface area contributed by atoms with Gasteiger partial charge >= 0.3 is 6.18 Å². The van der Waals surface area contributed by atoms with Gasteiger partial charge in [-0.3, -0.25) is 9.98 Å². The highest BCUT2D eigenvalue weighted by atomic mass is 127. The molecule has 9 heteroatoms. The van der Waals surface area contributed by atoms with E-state index >= 15 is 0 Å². The Kier molecular flexibility index (Phi) is 10.0. The number of rotatable bonds is 7. The second-order valence-corrected chi connectivity index (χ2v) is 5.98. The maximum absolute atomic E-state index is 12.4. The predicted octanol–water partition coefficient (Wildman–Crippen LogP) is 3.86. The number of aromatic nitrogens is 1. The fraction of sp³-hybridized carbons (Fsp3) is 0.368. The number of halogens is 4. The third-order valence-corrected chi connectivity index (χ3v) is 3.71. The molecule has 0 saturated carbocycles. The van der Waals surface area contributed by atoms with Gasteiger partial charge in [0, 0.05) is 38.1 Å². The van der Waals surface area contributed by atoms with Gasteiger partial charge in [0.2, 0.25) is 0 Å². The standard InChI is InChI=1S/C19H23F3N4O.HI/c1-14-5-6-16(17(10-14)27-13-19(20,21)22)12-26-18(23-2)25-9-7-15-4-3-8-24-11-15;/h3-6,8,10-11H,7,9,12-13H2,1-2H3,(H2,23,25,26);1H. The van der Waals surface area contributed by atoms with E-state index in [2.05, 4.69) is 20.6 Å². The van der Waals surface area contributed by atoms with E-state index in [1.807, 2.05) is 18.2 Å². The number of pyridine rings is 1. The number of nitrogens with one attached hydrogen (secondary N) is 2. The van der Waals surface area contributed by atoms with Crippen molar-refractivity contribution < 1.29 is 17.9 Å². The number of hydrogen-bond donors (Lipinski definition) is 2. The molecule has 0 aliphatic rings. The smallest absolute Gasteiger partial charge is 0.422 e. The van der Waals surface area contributed by atoms with Crippen LogP contribution in [0.4, 0.5) is 13.2 Å². The Balaban J connectivity index is 0.00000392.